The van der Waals surface area contributed by atoms with E-state index < -0.39 is 11.9 Å². The second kappa shape index (κ2) is 18.0. The number of hydrogen-bond donors (Lipinski definition) is 3. The molecule has 0 heterocycles. The quantitative estimate of drug-likeness (QED) is 0.325. The van der Waals surface area contributed by atoms with Gasteiger partial charge in [0.15, 0.2) is 0 Å². The fraction of sp³-hybridized carbons (Fsp3) is 0.600. The number of carboxylic acid groups (broad SMARTS) is 2. The summed E-state index contributed by atoms with van der Waals surface area (Å²) in [6.07, 6.45) is 12.6. The molecule has 0 spiro atoms. The van der Waals surface area contributed by atoms with Crippen molar-refractivity contribution in [2.75, 3.05) is 11.9 Å². The van der Waals surface area contributed by atoms with Crippen LogP contribution in [0.25, 0.3) is 0 Å². The molecule has 0 aliphatic rings. The Morgan fingerprint density at radius 2 is 1.15 bits per heavy atom. The van der Waals surface area contributed by atoms with Crippen molar-refractivity contribution in [3.8, 4) is 0 Å². The summed E-state index contributed by atoms with van der Waals surface area (Å²) < 4.78 is 0. The number of rotatable bonds is 14. The van der Waals surface area contributed by atoms with E-state index >= 15 is 0 Å². The fourth-order valence-corrected chi connectivity index (χ4v) is 2.82. The van der Waals surface area contributed by atoms with Crippen LogP contribution in [0.15, 0.2) is 18.2 Å². The molecule has 0 saturated heterocycles. The maximum absolute atomic E-state index is 11.1. The molecule has 0 bridgehead atoms. The molecule has 0 amide bonds. The van der Waals surface area contributed by atoms with Gasteiger partial charge in [0.05, 0.1) is 11.1 Å². The Kier molecular flexibility index (Phi) is 19.5. The molecule has 0 aromatic heterocycles. The Balaban J connectivity index is 0. The Morgan fingerprint density at radius 1 is 0.741 bits per heavy atom. The molecule has 0 atom stereocenters. The van der Waals surface area contributed by atoms with Gasteiger partial charge >= 0.3 is 71.1 Å². The molecular weight excluding hydrogens is 364 g/mol. The van der Waals surface area contributed by atoms with Crippen LogP contribution in [-0.4, -0.2) is 87.8 Å². The summed E-state index contributed by atoms with van der Waals surface area (Å²) in [4.78, 5) is 22.1. The molecule has 5 nitrogen and oxygen atoms in total. The van der Waals surface area contributed by atoms with Crippen molar-refractivity contribution >= 4 is 76.7 Å². The number of nitrogens with one attached hydrogen (secondary N) is 1. The molecule has 1 rings (SSSR count). The van der Waals surface area contributed by atoms with Gasteiger partial charge in [0.2, 0.25) is 0 Å². The van der Waals surface area contributed by atoms with Crippen LogP contribution in [0.3, 0.4) is 0 Å². The molecule has 0 aliphatic heterocycles. The second-order valence-corrected chi connectivity index (χ2v) is 6.52. The zero-order valence-electron chi connectivity index (χ0n) is 15.2. The molecule has 0 unspecified atom stereocenters. The van der Waals surface area contributed by atoms with E-state index in [1.807, 2.05) is 0 Å². The zero-order chi connectivity index (χ0) is 18.5. The third-order valence-corrected chi connectivity index (χ3v) is 4.29. The van der Waals surface area contributed by atoms with Crippen LogP contribution >= 0.6 is 0 Å². The number of benzene rings is 1. The first kappa shape index (κ1) is 29.2. The van der Waals surface area contributed by atoms with Crippen molar-refractivity contribution in [3.05, 3.63) is 29.3 Å². The molecule has 0 radical (unpaired) electrons. The van der Waals surface area contributed by atoms with E-state index in [1.54, 1.807) is 0 Å². The monoisotopic (exact) mass is 397 g/mol. The van der Waals surface area contributed by atoms with Gasteiger partial charge in [-0.15, -0.1) is 0 Å². The van der Waals surface area contributed by atoms with Gasteiger partial charge in [-0.25, -0.2) is 9.59 Å². The van der Waals surface area contributed by atoms with Gasteiger partial charge in [-0.1, -0.05) is 64.7 Å². The number of carboxylic acids is 2. The van der Waals surface area contributed by atoms with Crippen LogP contribution < -0.4 is 5.32 Å². The van der Waals surface area contributed by atoms with Gasteiger partial charge in [-0.3, -0.25) is 0 Å². The first-order chi connectivity index (χ1) is 12.0. The van der Waals surface area contributed by atoms with Gasteiger partial charge < -0.3 is 15.5 Å². The van der Waals surface area contributed by atoms with Crippen LogP contribution in [-0.2, 0) is 0 Å². The molecule has 0 aliphatic carbocycles. The summed E-state index contributed by atoms with van der Waals surface area (Å²) in [5, 5.41) is 21.2. The molecule has 0 fully saturated rings. The molecular formula is C20H33NNa2O4. The summed E-state index contributed by atoms with van der Waals surface area (Å²) >= 11 is 0. The molecule has 1 aromatic rings. The second-order valence-electron chi connectivity index (χ2n) is 6.52. The van der Waals surface area contributed by atoms with Gasteiger partial charge in [-0.05, 0) is 24.6 Å². The minimum absolute atomic E-state index is 0. The summed E-state index contributed by atoms with van der Waals surface area (Å²) in [5.74, 6) is -2.24. The van der Waals surface area contributed by atoms with E-state index in [-0.39, 0.29) is 70.2 Å². The summed E-state index contributed by atoms with van der Waals surface area (Å²) in [7, 11) is 0. The van der Waals surface area contributed by atoms with Gasteiger partial charge in [0, 0.05) is 12.2 Å². The van der Waals surface area contributed by atoms with Crippen LogP contribution in [0.1, 0.15) is 91.8 Å². The average Bonchev–Trinajstić information content (AvgIpc) is 2.59. The maximum atomic E-state index is 11.1. The van der Waals surface area contributed by atoms with Gasteiger partial charge in [-0.2, -0.15) is 0 Å². The van der Waals surface area contributed by atoms with Gasteiger partial charge in [0.25, 0.3) is 0 Å². The molecule has 0 saturated carbocycles. The summed E-state index contributed by atoms with van der Waals surface area (Å²) in [6, 6.07) is 4.13. The predicted molar refractivity (Wildman–Crippen MR) is 115 cm³/mol. The van der Waals surface area contributed by atoms with Crippen LogP contribution in [0, 0.1) is 0 Å². The average molecular weight is 397 g/mol. The van der Waals surface area contributed by atoms with Gasteiger partial charge in [0.1, 0.15) is 0 Å². The first-order valence-corrected chi connectivity index (χ1v) is 9.40. The van der Waals surface area contributed by atoms with E-state index in [2.05, 4.69) is 12.2 Å². The molecule has 3 N–H and O–H groups in total. The van der Waals surface area contributed by atoms with E-state index in [9.17, 15) is 9.59 Å². The zero-order valence-corrected chi connectivity index (χ0v) is 15.2. The Labute approximate surface area is 207 Å². The third kappa shape index (κ3) is 13.7. The number of anilines is 1. The van der Waals surface area contributed by atoms with Crippen molar-refractivity contribution in [1.29, 1.82) is 0 Å². The Morgan fingerprint density at radius 3 is 1.56 bits per heavy atom. The minimum atomic E-state index is -1.12. The number of hydrogen-bond acceptors (Lipinski definition) is 3. The third-order valence-electron chi connectivity index (χ3n) is 4.29. The van der Waals surface area contributed by atoms with Crippen molar-refractivity contribution in [2.45, 2.75) is 71.1 Å². The van der Waals surface area contributed by atoms with Crippen LogP contribution in [0.2, 0.25) is 0 Å². The van der Waals surface area contributed by atoms with Crippen molar-refractivity contribution in [1.82, 2.24) is 0 Å². The summed E-state index contributed by atoms with van der Waals surface area (Å²) in [5.41, 5.74) is 0.532. The fourth-order valence-electron chi connectivity index (χ4n) is 2.82. The molecule has 27 heavy (non-hydrogen) atoms. The standard InChI is InChI=1S/C20H31NO4.2Na.2H/c1-2-3-4-5-6-7-8-9-10-11-12-21-18-14-16(19(22)23)13-17(15-18)20(24)25;;;;/h13-15,21H,2-12H2,1H3,(H,22,23)(H,24,25);;;;. The molecule has 7 heteroatoms. The van der Waals surface area contributed by atoms with Crippen LogP contribution in [0.4, 0.5) is 5.69 Å². The number of aromatic carboxylic acids is 2. The van der Waals surface area contributed by atoms with Crippen molar-refractivity contribution in [2.24, 2.45) is 0 Å². The van der Waals surface area contributed by atoms with E-state index in [0.717, 1.165) is 19.4 Å². The van der Waals surface area contributed by atoms with Crippen molar-refractivity contribution < 1.29 is 19.8 Å². The van der Waals surface area contributed by atoms with E-state index in [1.165, 1.54) is 69.6 Å². The Bertz CT molecular complexity index is 521. The SMILES string of the molecule is CCCCCCCCCCCCNc1cc(C(=O)O)cc(C(=O)O)c1.[NaH].[NaH]. The summed E-state index contributed by atoms with van der Waals surface area (Å²) in [6.45, 7) is 2.95. The molecule has 1 aromatic carbocycles. The topological polar surface area (TPSA) is 86.6 Å². The van der Waals surface area contributed by atoms with E-state index in [4.69, 9.17) is 10.2 Å². The number of carbonyl (C=O) groups is 2. The normalized spacial score (nSPS) is 9.81. The van der Waals surface area contributed by atoms with Crippen LogP contribution in [0.5, 0.6) is 0 Å². The van der Waals surface area contributed by atoms with E-state index in [0.29, 0.717) is 5.69 Å². The first-order valence-electron chi connectivity index (χ1n) is 9.40. The predicted octanol–water partition coefficient (Wildman–Crippen LogP) is 4.12. The van der Waals surface area contributed by atoms with Crippen molar-refractivity contribution in [3.63, 3.8) is 0 Å². The number of unbranched alkanes of at least 4 members (excludes halogenated alkanes) is 9. The molecule has 144 valence electrons. The Hall–Kier alpha value is -0.0400.